The van der Waals surface area contributed by atoms with Gasteiger partial charge >= 0.3 is 6.09 Å². The quantitative estimate of drug-likeness (QED) is 0.247. The van der Waals surface area contributed by atoms with Crippen molar-refractivity contribution in [3.05, 3.63) is 83.7 Å². The number of halogens is 1. The lowest BCUT2D eigenvalue weighted by molar-refractivity contribution is -0.129. The van der Waals surface area contributed by atoms with Gasteiger partial charge in [0.1, 0.15) is 18.6 Å². The summed E-state index contributed by atoms with van der Waals surface area (Å²) in [5.41, 5.74) is 2.57. The molecule has 2 heterocycles. The van der Waals surface area contributed by atoms with Gasteiger partial charge < -0.3 is 14.0 Å². The van der Waals surface area contributed by atoms with Crippen molar-refractivity contribution in [3.63, 3.8) is 0 Å². The predicted octanol–water partition coefficient (Wildman–Crippen LogP) is 5.34. The van der Waals surface area contributed by atoms with Crippen molar-refractivity contribution >= 4 is 27.9 Å². The molecule has 2 amide bonds. The van der Waals surface area contributed by atoms with Crippen molar-refractivity contribution in [3.8, 4) is 5.75 Å². The van der Waals surface area contributed by atoms with Gasteiger partial charge in [-0.2, -0.15) is 0 Å². The first-order chi connectivity index (χ1) is 16.7. The average molecular weight is 527 g/mol. The topological polar surface area (TPSA) is 81.9 Å². The van der Waals surface area contributed by atoms with Crippen LogP contribution in [0.1, 0.15) is 42.0 Å². The molecular formula is C26H27BrN2O5. The second-order valence-electron chi connectivity index (χ2n) is 8.18. The van der Waals surface area contributed by atoms with Crippen LogP contribution in [-0.4, -0.2) is 46.6 Å². The molecule has 34 heavy (non-hydrogen) atoms. The number of rotatable bonds is 11. The maximum Gasteiger partial charge on any atom is 0.416 e. The van der Waals surface area contributed by atoms with Gasteiger partial charge in [-0.1, -0.05) is 63.6 Å². The smallest absolute Gasteiger partial charge is 0.416 e. The Morgan fingerprint density at radius 1 is 1.12 bits per heavy atom. The van der Waals surface area contributed by atoms with Crippen molar-refractivity contribution in [2.75, 3.05) is 18.5 Å². The Morgan fingerprint density at radius 3 is 2.62 bits per heavy atom. The number of aromatic nitrogens is 1. The second kappa shape index (κ2) is 11.8. The molecule has 178 valence electrons. The number of carbonyl (C=O) groups excluding carboxylic acids is 2. The van der Waals surface area contributed by atoms with Crippen LogP contribution in [0.2, 0.25) is 0 Å². The minimum atomic E-state index is -0.600. The molecule has 0 aliphatic carbocycles. The number of alkyl halides is 1. The van der Waals surface area contributed by atoms with Crippen molar-refractivity contribution in [2.45, 2.75) is 37.6 Å². The molecule has 8 heteroatoms. The third-order valence-electron chi connectivity index (χ3n) is 5.82. The van der Waals surface area contributed by atoms with Crippen molar-refractivity contribution < 1.29 is 23.6 Å². The van der Waals surface area contributed by atoms with Crippen molar-refractivity contribution in [1.82, 2.24) is 10.1 Å². The Morgan fingerprint density at radius 2 is 1.91 bits per heavy atom. The average Bonchev–Trinajstić information content (AvgIpc) is 3.52. The fourth-order valence-electron chi connectivity index (χ4n) is 4.05. The summed E-state index contributed by atoms with van der Waals surface area (Å²) in [6.07, 6.45) is 3.53. The SMILES string of the molecule is O=C(C[C@@H](c1ccc(OCCCCBr)cc1)c1ccon1)N1C(=O)OC[C@@H]1Cc1ccccc1. The predicted molar refractivity (Wildman–Crippen MR) is 130 cm³/mol. The normalized spacial score (nSPS) is 16.3. The number of ether oxygens (including phenoxy) is 2. The molecule has 0 spiro atoms. The largest absolute Gasteiger partial charge is 0.494 e. The van der Waals surface area contributed by atoms with Gasteiger partial charge in [-0.15, -0.1) is 0 Å². The van der Waals surface area contributed by atoms with Crippen LogP contribution in [-0.2, 0) is 16.0 Å². The lowest BCUT2D eigenvalue weighted by Gasteiger charge is -2.22. The highest BCUT2D eigenvalue weighted by molar-refractivity contribution is 9.09. The highest BCUT2D eigenvalue weighted by Gasteiger charge is 2.39. The van der Waals surface area contributed by atoms with E-state index in [0.717, 1.165) is 35.0 Å². The monoisotopic (exact) mass is 526 g/mol. The second-order valence-corrected chi connectivity index (χ2v) is 8.97. The summed E-state index contributed by atoms with van der Waals surface area (Å²) < 4.78 is 16.1. The molecular weight excluding hydrogens is 500 g/mol. The molecule has 0 radical (unpaired) electrons. The molecule has 2 aromatic carbocycles. The standard InChI is InChI=1S/C26H27BrN2O5/c27-13-4-5-14-32-22-10-8-20(9-11-22)23(24-12-15-34-28-24)17-25(30)29-21(18-33-26(29)31)16-19-6-2-1-3-7-19/h1-3,6-12,15,21,23H,4-5,13-14,16-18H2/t21-,23-/m0/s1. The van der Waals surface area contributed by atoms with Gasteiger partial charge in [-0.05, 0) is 42.5 Å². The summed E-state index contributed by atoms with van der Waals surface area (Å²) in [5.74, 6) is 0.112. The third-order valence-corrected chi connectivity index (χ3v) is 6.38. The van der Waals surface area contributed by atoms with Crippen LogP contribution in [0.3, 0.4) is 0 Å². The van der Waals surface area contributed by atoms with Crippen molar-refractivity contribution in [2.24, 2.45) is 0 Å². The first kappa shape index (κ1) is 24.0. The van der Waals surface area contributed by atoms with E-state index in [2.05, 4.69) is 21.1 Å². The number of benzene rings is 2. The van der Waals surface area contributed by atoms with Crippen LogP contribution < -0.4 is 4.74 Å². The van der Waals surface area contributed by atoms with E-state index < -0.39 is 6.09 Å². The van der Waals surface area contributed by atoms with E-state index >= 15 is 0 Å². The van der Waals surface area contributed by atoms with Crippen LogP contribution >= 0.6 is 15.9 Å². The zero-order valence-electron chi connectivity index (χ0n) is 18.8. The molecule has 4 rings (SSSR count). The zero-order chi connectivity index (χ0) is 23.8. The van der Waals surface area contributed by atoms with Crippen LogP contribution in [0.15, 0.2) is 71.4 Å². The molecule has 0 bridgehead atoms. The Labute approximate surface area is 207 Å². The number of unbranched alkanes of at least 4 members (excludes halogenated alkanes) is 1. The van der Waals surface area contributed by atoms with Crippen LogP contribution in [0, 0.1) is 0 Å². The summed E-state index contributed by atoms with van der Waals surface area (Å²) in [7, 11) is 0. The minimum absolute atomic E-state index is 0.0678. The molecule has 0 unspecified atom stereocenters. The molecule has 3 aromatic rings. The molecule has 1 aliphatic heterocycles. The summed E-state index contributed by atoms with van der Waals surface area (Å²) in [5, 5.41) is 5.03. The van der Waals surface area contributed by atoms with Crippen LogP contribution in [0.4, 0.5) is 4.79 Å². The Kier molecular flexibility index (Phi) is 8.36. The number of cyclic esters (lactones) is 1. The van der Waals surface area contributed by atoms with Gasteiger partial charge in [0.15, 0.2) is 0 Å². The maximum atomic E-state index is 13.3. The van der Waals surface area contributed by atoms with Gasteiger partial charge in [0.2, 0.25) is 5.91 Å². The van der Waals surface area contributed by atoms with Crippen LogP contribution in [0.5, 0.6) is 5.75 Å². The number of hydrogen-bond acceptors (Lipinski definition) is 6. The number of hydrogen-bond donors (Lipinski definition) is 0. The summed E-state index contributed by atoms with van der Waals surface area (Å²) in [6, 6.07) is 18.8. The van der Waals surface area contributed by atoms with E-state index in [1.54, 1.807) is 6.07 Å². The molecule has 0 saturated carbocycles. The van der Waals surface area contributed by atoms with E-state index in [0.29, 0.717) is 18.7 Å². The summed E-state index contributed by atoms with van der Waals surface area (Å²) in [6.45, 7) is 0.839. The first-order valence-corrected chi connectivity index (χ1v) is 12.5. The summed E-state index contributed by atoms with van der Waals surface area (Å²) >= 11 is 3.42. The minimum Gasteiger partial charge on any atom is -0.494 e. The highest BCUT2D eigenvalue weighted by Crippen LogP contribution is 2.30. The molecule has 1 aromatic heterocycles. The zero-order valence-corrected chi connectivity index (χ0v) is 20.4. The van der Waals surface area contributed by atoms with E-state index in [1.165, 1.54) is 11.2 Å². The van der Waals surface area contributed by atoms with E-state index in [-0.39, 0.29) is 30.9 Å². The number of amides is 2. The third kappa shape index (κ3) is 6.05. The van der Waals surface area contributed by atoms with Gasteiger partial charge in [0.25, 0.3) is 0 Å². The summed E-state index contributed by atoms with van der Waals surface area (Å²) in [4.78, 5) is 27.0. The van der Waals surface area contributed by atoms with E-state index in [1.807, 2.05) is 54.6 Å². The lowest BCUT2D eigenvalue weighted by atomic mass is 9.91. The van der Waals surface area contributed by atoms with Gasteiger partial charge in [-0.25, -0.2) is 9.69 Å². The Balaban J connectivity index is 1.47. The molecule has 1 aliphatic rings. The molecule has 2 atom stereocenters. The van der Waals surface area contributed by atoms with E-state index in [4.69, 9.17) is 14.0 Å². The van der Waals surface area contributed by atoms with Crippen LogP contribution in [0.25, 0.3) is 0 Å². The lowest BCUT2D eigenvalue weighted by Crippen LogP contribution is -2.40. The number of carbonyl (C=O) groups is 2. The molecule has 7 nitrogen and oxygen atoms in total. The number of nitrogens with zero attached hydrogens (tertiary/aromatic N) is 2. The maximum absolute atomic E-state index is 13.3. The Hall–Kier alpha value is -3.13. The van der Waals surface area contributed by atoms with Crippen molar-refractivity contribution in [1.29, 1.82) is 0 Å². The van der Waals surface area contributed by atoms with Gasteiger partial charge in [0.05, 0.1) is 18.3 Å². The van der Waals surface area contributed by atoms with Gasteiger partial charge in [0, 0.05) is 23.7 Å². The number of imide groups is 1. The van der Waals surface area contributed by atoms with Gasteiger partial charge in [-0.3, -0.25) is 4.79 Å². The molecule has 1 saturated heterocycles. The molecule has 0 N–H and O–H groups in total. The highest BCUT2D eigenvalue weighted by atomic mass is 79.9. The fraction of sp³-hybridized carbons (Fsp3) is 0.346. The molecule has 1 fully saturated rings. The first-order valence-electron chi connectivity index (χ1n) is 11.4. The Bertz CT molecular complexity index is 1060. The van der Waals surface area contributed by atoms with E-state index in [9.17, 15) is 9.59 Å². The fourth-order valence-corrected chi connectivity index (χ4v) is 4.45.